The lowest BCUT2D eigenvalue weighted by Gasteiger charge is -2.39. The Morgan fingerprint density at radius 1 is 1.18 bits per heavy atom. The van der Waals surface area contributed by atoms with Crippen molar-refractivity contribution >= 4 is 23.3 Å². The van der Waals surface area contributed by atoms with Gasteiger partial charge in [-0.25, -0.2) is 4.99 Å². The number of aromatic nitrogens is 1. The molecular weight excluding hydrogens is 430 g/mol. The summed E-state index contributed by atoms with van der Waals surface area (Å²) in [5.41, 5.74) is 0.687. The Labute approximate surface area is 202 Å². The Hall–Kier alpha value is -2.21. The highest BCUT2D eigenvalue weighted by Gasteiger charge is 2.56. The van der Waals surface area contributed by atoms with Crippen molar-refractivity contribution < 1.29 is 9.59 Å². The lowest BCUT2D eigenvalue weighted by Crippen LogP contribution is -2.49. The van der Waals surface area contributed by atoms with Crippen LogP contribution in [0.4, 0.5) is 0 Å². The molecule has 180 valence electrons. The van der Waals surface area contributed by atoms with E-state index in [0.29, 0.717) is 12.0 Å². The monoisotopic (exact) mass is 469 g/mol. The number of nitrogens with zero attached hydrogens (tertiary/aromatic N) is 2. The van der Waals surface area contributed by atoms with Crippen LogP contribution < -0.4 is 9.99 Å². The summed E-state index contributed by atoms with van der Waals surface area (Å²) >= 11 is 1.57. The molecule has 2 atom stereocenters. The van der Waals surface area contributed by atoms with Crippen molar-refractivity contribution in [2.24, 2.45) is 15.8 Å². The standard InChI is InChI=1S/C27H39N3O2S/c1-8-9-13-20-18-30(25(2,3)4)33-23(20)29-24(32)27(7)17-16-21(26(27,5)6)28-22(31)19-14-11-10-12-15-19/h10-12,14-15,18,21H,8-9,13,16-17H2,1-7H3,(H,28,31)/b29-23-/t21-,27-/m1/s1. The summed E-state index contributed by atoms with van der Waals surface area (Å²) in [5.74, 6) is -0.168. The maximum atomic E-state index is 13.7. The first kappa shape index (κ1) is 25.4. The van der Waals surface area contributed by atoms with Gasteiger partial charge < -0.3 is 5.32 Å². The highest BCUT2D eigenvalue weighted by molar-refractivity contribution is 7.04. The van der Waals surface area contributed by atoms with Crippen LogP contribution in [0.3, 0.4) is 0 Å². The van der Waals surface area contributed by atoms with Crippen molar-refractivity contribution in [1.82, 2.24) is 9.27 Å². The van der Waals surface area contributed by atoms with Gasteiger partial charge in [0.15, 0.2) is 0 Å². The van der Waals surface area contributed by atoms with Crippen LogP contribution in [-0.2, 0) is 16.8 Å². The van der Waals surface area contributed by atoms with Gasteiger partial charge in [0.1, 0.15) is 4.67 Å². The number of rotatable bonds is 6. The van der Waals surface area contributed by atoms with Crippen LogP contribution in [0.2, 0.25) is 0 Å². The molecule has 1 aliphatic rings. The molecule has 6 heteroatoms. The second-order valence-corrected chi connectivity index (χ2v) is 12.0. The van der Waals surface area contributed by atoms with Gasteiger partial charge in [0.2, 0.25) is 0 Å². The van der Waals surface area contributed by atoms with Gasteiger partial charge in [-0.2, -0.15) is 0 Å². The quantitative estimate of drug-likeness (QED) is 0.590. The van der Waals surface area contributed by atoms with Crippen LogP contribution in [0.25, 0.3) is 0 Å². The molecule has 0 spiro atoms. The fourth-order valence-electron chi connectivity index (χ4n) is 4.52. The van der Waals surface area contributed by atoms with Gasteiger partial charge in [0, 0.05) is 28.9 Å². The molecule has 2 amide bonds. The number of unbranched alkanes of at least 4 members (excludes halogenated alkanes) is 1. The van der Waals surface area contributed by atoms with Crippen molar-refractivity contribution in [2.75, 3.05) is 0 Å². The molecular formula is C27H39N3O2S. The van der Waals surface area contributed by atoms with Crippen molar-refractivity contribution in [2.45, 2.75) is 92.2 Å². The van der Waals surface area contributed by atoms with Gasteiger partial charge in [0.05, 0.1) is 5.41 Å². The largest absolute Gasteiger partial charge is 0.349 e. The second kappa shape index (κ2) is 9.57. The van der Waals surface area contributed by atoms with E-state index in [9.17, 15) is 9.59 Å². The molecule has 3 rings (SSSR count). The average Bonchev–Trinajstić information content (AvgIpc) is 3.27. The number of hydrogen-bond donors (Lipinski definition) is 1. The fourth-order valence-corrected chi connectivity index (χ4v) is 5.55. The third kappa shape index (κ3) is 5.16. The Balaban J connectivity index is 1.88. The molecule has 5 nitrogen and oxygen atoms in total. The Morgan fingerprint density at radius 3 is 2.45 bits per heavy atom. The Bertz CT molecular complexity index is 1060. The number of nitrogens with one attached hydrogen (secondary N) is 1. The van der Waals surface area contributed by atoms with E-state index in [1.807, 2.05) is 37.3 Å². The number of hydrogen-bond acceptors (Lipinski definition) is 3. The van der Waals surface area contributed by atoms with Crippen molar-refractivity contribution in [3.8, 4) is 0 Å². The molecule has 1 fully saturated rings. The third-order valence-electron chi connectivity index (χ3n) is 7.44. The van der Waals surface area contributed by atoms with Crippen LogP contribution >= 0.6 is 11.5 Å². The topological polar surface area (TPSA) is 63.5 Å². The smallest absolute Gasteiger partial charge is 0.253 e. The molecule has 1 saturated carbocycles. The number of carbonyl (C=O) groups is 2. The van der Waals surface area contributed by atoms with Crippen LogP contribution in [-0.4, -0.2) is 21.8 Å². The zero-order valence-electron chi connectivity index (χ0n) is 21.2. The van der Waals surface area contributed by atoms with E-state index < -0.39 is 10.8 Å². The van der Waals surface area contributed by atoms with Gasteiger partial charge in [-0.1, -0.05) is 52.3 Å². The summed E-state index contributed by atoms with van der Waals surface area (Å²) in [4.78, 5) is 31.2. The van der Waals surface area contributed by atoms with Crippen molar-refractivity contribution in [1.29, 1.82) is 0 Å². The summed E-state index contributed by atoms with van der Waals surface area (Å²) in [6, 6.07) is 9.17. The van der Waals surface area contributed by atoms with Crippen LogP contribution in [0.5, 0.6) is 0 Å². The zero-order chi connectivity index (χ0) is 24.4. The minimum atomic E-state index is -0.639. The summed E-state index contributed by atoms with van der Waals surface area (Å²) in [5, 5.41) is 3.19. The van der Waals surface area contributed by atoms with E-state index in [4.69, 9.17) is 4.99 Å². The molecule has 0 bridgehead atoms. The Morgan fingerprint density at radius 2 is 1.85 bits per heavy atom. The lowest BCUT2D eigenvalue weighted by atomic mass is 9.67. The van der Waals surface area contributed by atoms with Crippen LogP contribution in [0.1, 0.15) is 90.1 Å². The molecule has 33 heavy (non-hydrogen) atoms. The summed E-state index contributed by atoms with van der Waals surface area (Å²) in [6.07, 6.45) is 6.74. The van der Waals surface area contributed by atoms with Crippen molar-refractivity contribution in [3.63, 3.8) is 0 Å². The number of aryl methyl sites for hydroxylation is 1. The zero-order valence-corrected chi connectivity index (χ0v) is 22.0. The molecule has 1 aromatic carbocycles. The van der Waals surface area contributed by atoms with E-state index in [1.54, 1.807) is 11.5 Å². The van der Waals surface area contributed by atoms with E-state index in [1.165, 1.54) is 0 Å². The van der Waals surface area contributed by atoms with E-state index in [2.05, 4.69) is 57.0 Å². The normalized spacial score (nSPS) is 23.0. The Kier molecular flexibility index (Phi) is 7.37. The minimum absolute atomic E-state index is 0.0498. The second-order valence-electron chi connectivity index (χ2n) is 11.1. The van der Waals surface area contributed by atoms with Gasteiger partial charge in [0.25, 0.3) is 11.8 Å². The van der Waals surface area contributed by atoms with Crippen molar-refractivity contribution in [3.05, 3.63) is 52.3 Å². The molecule has 0 aliphatic heterocycles. The van der Waals surface area contributed by atoms with E-state index >= 15 is 0 Å². The number of carbonyl (C=O) groups excluding carboxylic acids is 2. The summed E-state index contributed by atoms with van der Waals surface area (Å²) in [7, 11) is 0. The first-order chi connectivity index (χ1) is 15.4. The van der Waals surface area contributed by atoms with Gasteiger partial charge in [-0.15, -0.1) is 0 Å². The highest BCUT2D eigenvalue weighted by atomic mass is 32.1. The first-order valence-corrected chi connectivity index (χ1v) is 12.8. The van der Waals surface area contributed by atoms with E-state index in [-0.39, 0.29) is 23.4 Å². The maximum absolute atomic E-state index is 13.7. The third-order valence-corrected chi connectivity index (χ3v) is 8.81. The molecule has 1 aliphatic carbocycles. The SMILES string of the molecule is CCCCc1cn(C(C)(C)C)s/c1=N\C(=O)[C@@]1(C)CC[C@@H](NC(=O)c2ccccc2)C1(C)C. The molecule has 0 saturated heterocycles. The molecule has 0 unspecified atom stereocenters. The lowest BCUT2D eigenvalue weighted by molar-refractivity contribution is -0.132. The molecule has 1 N–H and O–H groups in total. The number of amides is 2. The summed E-state index contributed by atoms with van der Waals surface area (Å²) in [6.45, 7) is 14.9. The highest BCUT2D eigenvalue weighted by Crippen LogP contribution is 2.53. The minimum Gasteiger partial charge on any atom is -0.349 e. The predicted molar refractivity (Wildman–Crippen MR) is 135 cm³/mol. The molecule has 0 radical (unpaired) electrons. The molecule has 1 aromatic heterocycles. The fraction of sp³-hybridized carbons (Fsp3) is 0.593. The predicted octanol–water partition coefficient (Wildman–Crippen LogP) is 5.70. The molecule has 1 heterocycles. The van der Waals surface area contributed by atoms with Crippen LogP contribution in [0.15, 0.2) is 41.5 Å². The molecule has 2 aromatic rings. The average molecular weight is 470 g/mol. The number of benzene rings is 1. The van der Waals surface area contributed by atoms with Crippen LogP contribution in [0, 0.1) is 10.8 Å². The van der Waals surface area contributed by atoms with Gasteiger partial charge in [-0.3, -0.25) is 13.5 Å². The van der Waals surface area contributed by atoms with Gasteiger partial charge >= 0.3 is 0 Å². The maximum Gasteiger partial charge on any atom is 0.253 e. The summed E-state index contributed by atoms with van der Waals surface area (Å²) < 4.78 is 3.03. The van der Waals surface area contributed by atoms with Gasteiger partial charge in [-0.05, 0) is 75.5 Å². The van der Waals surface area contributed by atoms with E-state index in [0.717, 1.165) is 35.9 Å². The first-order valence-electron chi connectivity index (χ1n) is 12.1.